The molecule has 0 heterocycles. The van der Waals surface area contributed by atoms with Gasteiger partial charge in [0.25, 0.3) is 0 Å². The predicted molar refractivity (Wildman–Crippen MR) is 81.4 cm³/mol. The van der Waals surface area contributed by atoms with Crippen molar-refractivity contribution in [3.05, 3.63) is 28.8 Å². The zero-order valence-corrected chi connectivity index (χ0v) is 13.2. The maximum Gasteiger partial charge on any atom is 0.242 e. The highest BCUT2D eigenvalue weighted by molar-refractivity contribution is 7.89. The van der Waals surface area contributed by atoms with Crippen molar-refractivity contribution in [2.24, 2.45) is 5.92 Å². The molecule has 2 N–H and O–H groups in total. The summed E-state index contributed by atoms with van der Waals surface area (Å²) in [5.41, 5.74) is 0.916. The Bertz CT molecular complexity index is 556. The molecule has 0 bridgehead atoms. The van der Waals surface area contributed by atoms with Crippen LogP contribution in [0, 0.1) is 5.92 Å². The largest absolute Gasteiger partial charge is 0.313 e. The van der Waals surface area contributed by atoms with E-state index in [0.29, 0.717) is 19.0 Å². The highest BCUT2D eigenvalue weighted by Crippen LogP contribution is 2.32. The zero-order chi connectivity index (χ0) is 14.6. The van der Waals surface area contributed by atoms with Crippen molar-refractivity contribution in [1.29, 1.82) is 0 Å². The van der Waals surface area contributed by atoms with Crippen LogP contribution in [0.2, 0.25) is 5.02 Å². The number of sulfonamides is 1. The standard InChI is InChI=1S/C14H21ClN2O2S/c1-2-16-10-12-5-6-13(15)14(9-12)20(18,19)17-8-7-11-3-4-11/h5-6,9,11,16-17H,2-4,7-8,10H2,1H3. The van der Waals surface area contributed by atoms with Crippen LogP contribution in [0.3, 0.4) is 0 Å². The minimum atomic E-state index is -3.52. The highest BCUT2D eigenvalue weighted by Gasteiger charge is 2.23. The van der Waals surface area contributed by atoms with E-state index in [1.54, 1.807) is 12.1 Å². The molecule has 0 radical (unpaired) electrons. The van der Waals surface area contributed by atoms with Gasteiger partial charge >= 0.3 is 0 Å². The van der Waals surface area contributed by atoms with Gasteiger partial charge < -0.3 is 5.32 Å². The van der Waals surface area contributed by atoms with Crippen molar-refractivity contribution in [2.45, 2.75) is 37.6 Å². The summed E-state index contributed by atoms with van der Waals surface area (Å²) in [6, 6.07) is 5.13. The summed E-state index contributed by atoms with van der Waals surface area (Å²) in [4.78, 5) is 0.172. The molecule has 1 saturated carbocycles. The second-order valence-electron chi connectivity index (χ2n) is 5.17. The molecule has 0 saturated heterocycles. The fourth-order valence-electron chi connectivity index (χ4n) is 2.01. The number of hydrogen-bond acceptors (Lipinski definition) is 3. The van der Waals surface area contributed by atoms with Crippen LogP contribution in [-0.2, 0) is 16.6 Å². The molecule has 1 aliphatic carbocycles. The first-order chi connectivity index (χ1) is 9.53. The molecule has 0 aromatic heterocycles. The molecular weight excluding hydrogens is 296 g/mol. The summed E-state index contributed by atoms with van der Waals surface area (Å²) in [6.45, 7) is 3.97. The van der Waals surface area contributed by atoms with Gasteiger partial charge in [0.1, 0.15) is 4.90 Å². The Morgan fingerprint density at radius 2 is 2.10 bits per heavy atom. The Morgan fingerprint density at radius 3 is 2.75 bits per heavy atom. The third-order valence-corrected chi connectivity index (χ3v) is 5.35. The molecular formula is C14H21ClN2O2S. The molecule has 1 aromatic carbocycles. The van der Waals surface area contributed by atoms with E-state index in [0.717, 1.165) is 18.5 Å². The normalized spacial score (nSPS) is 15.5. The van der Waals surface area contributed by atoms with E-state index >= 15 is 0 Å². The van der Waals surface area contributed by atoms with Crippen molar-refractivity contribution >= 4 is 21.6 Å². The number of halogens is 1. The smallest absolute Gasteiger partial charge is 0.242 e. The van der Waals surface area contributed by atoms with Crippen molar-refractivity contribution in [1.82, 2.24) is 10.0 Å². The predicted octanol–water partition coefficient (Wildman–Crippen LogP) is 2.53. The first kappa shape index (κ1) is 15.8. The fraction of sp³-hybridized carbons (Fsp3) is 0.571. The number of hydrogen-bond donors (Lipinski definition) is 2. The van der Waals surface area contributed by atoms with Gasteiger partial charge in [0.15, 0.2) is 0 Å². The highest BCUT2D eigenvalue weighted by atomic mass is 35.5. The van der Waals surface area contributed by atoms with Crippen LogP contribution < -0.4 is 10.0 Å². The topological polar surface area (TPSA) is 58.2 Å². The second kappa shape index (κ2) is 6.89. The first-order valence-electron chi connectivity index (χ1n) is 7.01. The summed E-state index contributed by atoms with van der Waals surface area (Å²) in [5.74, 6) is 0.702. The van der Waals surface area contributed by atoms with E-state index in [2.05, 4.69) is 10.0 Å². The Labute approximate surface area is 126 Å². The Kier molecular flexibility index (Phi) is 5.43. The minimum absolute atomic E-state index is 0.172. The molecule has 20 heavy (non-hydrogen) atoms. The van der Waals surface area contributed by atoms with Crippen molar-refractivity contribution in [3.63, 3.8) is 0 Å². The first-order valence-corrected chi connectivity index (χ1v) is 8.88. The molecule has 0 atom stereocenters. The van der Waals surface area contributed by atoms with Crippen LogP contribution >= 0.6 is 11.6 Å². The van der Waals surface area contributed by atoms with Crippen LogP contribution in [0.15, 0.2) is 23.1 Å². The second-order valence-corrected chi connectivity index (χ2v) is 7.32. The van der Waals surface area contributed by atoms with E-state index in [-0.39, 0.29) is 9.92 Å². The lowest BCUT2D eigenvalue weighted by Gasteiger charge is -2.10. The minimum Gasteiger partial charge on any atom is -0.313 e. The molecule has 0 spiro atoms. The lowest BCUT2D eigenvalue weighted by molar-refractivity contribution is 0.575. The molecule has 1 aliphatic rings. The van der Waals surface area contributed by atoms with Gasteiger partial charge in [0, 0.05) is 13.1 Å². The SMILES string of the molecule is CCNCc1ccc(Cl)c(S(=O)(=O)NCCC2CC2)c1. The average Bonchev–Trinajstić information content (AvgIpc) is 3.21. The fourth-order valence-corrected chi connectivity index (χ4v) is 3.61. The van der Waals surface area contributed by atoms with Gasteiger partial charge in [-0.25, -0.2) is 13.1 Å². The lowest BCUT2D eigenvalue weighted by atomic mass is 10.2. The Hall–Kier alpha value is -0.620. The van der Waals surface area contributed by atoms with Crippen molar-refractivity contribution < 1.29 is 8.42 Å². The maximum atomic E-state index is 12.3. The van der Waals surface area contributed by atoms with Gasteiger partial charge in [-0.3, -0.25) is 0 Å². The van der Waals surface area contributed by atoms with Crippen molar-refractivity contribution in [2.75, 3.05) is 13.1 Å². The molecule has 1 fully saturated rings. The number of nitrogens with one attached hydrogen (secondary N) is 2. The van der Waals surface area contributed by atoms with Crippen molar-refractivity contribution in [3.8, 4) is 0 Å². The summed E-state index contributed by atoms with van der Waals surface area (Å²) >= 11 is 6.03. The average molecular weight is 317 g/mol. The van der Waals surface area contributed by atoms with Crippen LogP contribution in [0.1, 0.15) is 31.7 Å². The number of rotatable bonds is 8. The van der Waals surface area contributed by atoms with Gasteiger partial charge in [-0.2, -0.15) is 0 Å². The third kappa shape index (κ3) is 4.45. The zero-order valence-electron chi connectivity index (χ0n) is 11.7. The molecule has 112 valence electrons. The maximum absolute atomic E-state index is 12.3. The number of benzene rings is 1. The van der Waals surface area contributed by atoms with E-state index in [1.165, 1.54) is 12.8 Å². The Morgan fingerprint density at radius 1 is 1.35 bits per heavy atom. The van der Waals surface area contributed by atoms with E-state index < -0.39 is 10.0 Å². The monoisotopic (exact) mass is 316 g/mol. The van der Waals surface area contributed by atoms with E-state index in [1.807, 2.05) is 13.0 Å². The summed E-state index contributed by atoms with van der Waals surface area (Å²) in [7, 11) is -3.52. The van der Waals surface area contributed by atoms with Crippen LogP contribution in [-0.4, -0.2) is 21.5 Å². The molecule has 1 aromatic rings. The summed E-state index contributed by atoms with van der Waals surface area (Å²) in [5, 5.41) is 3.44. The quantitative estimate of drug-likeness (QED) is 0.775. The lowest BCUT2D eigenvalue weighted by Crippen LogP contribution is -2.25. The summed E-state index contributed by atoms with van der Waals surface area (Å²) in [6.07, 6.45) is 3.36. The molecule has 2 rings (SSSR count). The van der Waals surface area contributed by atoms with Gasteiger partial charge in [-0.1, -0.05) is 37.4 Å². The summed E-state index contributed by atoms with van der Waals surface area (Å²) < 4.78 is 27.2. The van der Waals surface area contributed by atoms with Gasteiger partial charge in [0.05, 0.1) is 5.02 Å². The van der Waals surface area contributed by atoms with Crippen LogP contribution in [0.25, 0.3) is 0 Å². The molecule has 4 nitrogen and oxygen atoms in total. The van der Waals surface area contributed by atoms with Gasteiger partial charge in [-0.15, -0.1) is 0 Å². The van der Waals surface area contributed by atoms with Gasteiger partial charge in [-0.05, 0) is 36.6 Å². The molecule has 0 unspecified atom stereocenters. The third-order valence-electron chi connectivity index (χ3n) is 3.41. The van der Waals surface area contributed by atoms with Gasteiger partial charge in [0.2, 0.25) is 10.0 Å². The van der Waals surface area contributed by atoms with Crippen LogP contribution in [0.4, 0.5) is 0 Å². The van der Waals surface area contributed by atoms with Crippen LogP contribution in [0.5, 0.6) is 0 Å². The molecule has 0 amide bonds. The van der Waals surface area contributed by atoms with E-state index in [4.69, 9.17) is 11.6 Å². The van der Waals surface area contributed by atoms with E-state index in [9.17, 15) is 8.42 Å². The molecule has 6 heteroatoms. The molecule has 0 aliphatic heterocycles. The Balaban J connectivity index is 2.07.